The van der Waals surface area contributed by atoms with Crippen LogP contribution in [0.25, 0.3) is 0 Å². The van der Waals surface area contributed by atoms with Crippen LogP contribution in [0.2, 0.25) is 0 Å². The van der Waals surface area contributed by atoms with Crippen molar-refractivity contribution in [1.82, 2.24) is 4.90 Å². The van der Waals surface area contributed by atoms with Gasteiger partial charge in [-0.2, -0.15) is 0 Å². The lowest BCUT2D eigenvalue weighted by atomic mass is 10.1. The van der Waals surface area contributed by atoms with Crippen LogP contribution >= 0.6 is 0 Å². The molecule has 0 aromatic heterocycles. The van der Waals surface area contributed by atoms with Crippen molar-refractivity contribution in [2.45, 2.75) is 32.4 Å². The van der Waals surface area contributed by atoms with E-state index >= 15 is 0 Å². The molecule has 1 aliphatic heterocycles. The number of rotatable bonds is 5. The summed E-state index contributed by atoms with van der Waals surface area (Å²) in [6, 6.07) is 10.8. The van der Waals surface area contributed by atoms with Crippen molar-refractivity contribution < 1.29 is 9.53 Å². The van der Waals surface area contributed by atoms with Crippen molar-refractivity contribution in [2.24, 2.45) is 0 Å². The molecule has 1 atom stereocenters. The zero-order chi connectivity index (χ0) is 13.5. The summed E-state index contributed by atoms with van der Waals surface area (Å²) in [5.41, 5.74) is 1.32. The summed E-state index contributed by atoms with van der Waals surface area (Å²) < 4.78 is 4.91. The molecule has 0 radical (unpaired) electrons. The maximum absolute atomic E-state index is 11.3. The Kier molecular flexibility index (Phi) is 5.16. The van der Waals surface area contributed by atoms with E-state index in [1.54, 1.807) is 6.08 Å². The third-order valence-electron chi connectivity index (χ3n) is 3.38. The van der Waals surface area contributed by atoms with Gasteiger partial charge in [-0.25, -0.2) is 4.79 Å². The van der Waals surface area contributed by atoms with Gasteiger partial charge in [0.2, 0.25) is 0 Å². The van der Waals surface area contributed by atoms with E-state index in [4.69, 9.17) is 4.74 Å². The van der Waals surface area contributed by atoms with E-state index in [2.05, 4.69) is 29.2 Å². The Labute approximate surface area is 114 Å². The lowest BCUT2D eigenvalue weighted by Gasteiger charge is -2.21. The minimum Gasteiger partial charge on any atom is -0.463 e. The van der Waals surface area contributed by atoms with Crippen LogP contribution in [0, 0.1) is 0 Å². The predicted octanol–water partition coefficient (Wildman–Crippen LogP) is 2.77. The van der Waals surface area contributed by atoms with E-state index in [0.29, 0.717) is 12.6 Å². The van der Waals surface area contributed by atoms with Crippen LogP contribution in [0.15, 0.2) is 42.5 Å². The Morgan fingerprint density at radius 2 is 2.21 bits per heavy atom. The number of ether oxygens (including phenoxy) is 1. The zero-order valence-electron chi connectivity index (χ0n) is 11.4. The van der Waals surface area contributed by atoms with Crippen LogP contribution in [0.4, 0.5) is 0 Å². The van der Waals surface area contributed by atoms with Crippen molar-refractivity contribution in [3.63, 3.8) is 0 Å². The average molecular weight is 259 g/mol. The summed E-state index contributed by atoms with van der Waals surface area (Å²) >= 11 is 0. The highest BCUT2D eigenvalue weighted by Crippen LogP contribution is 2.20. The van der Waals surface area contributed by atoms with Gasteiger partial charge >= 0.3 is 5.97 Å². The Bertz CT molecular complexity index is 428. The molecule has 0 spiro atoms. The van der Waals surface area contributed by atoms with E-state index < -0.39 is 0 Å². The number of benzene rings is 1. The highest BCUT2D eigenvalue weighted by atomic mass is 16.5. The molecule has 0 aliphatic carbocycles. The number of esters is 1. The molecule has 3 nitrogen and oxygen atoms in total. The molecule has 102 valence electrons. The summed E-state index contributed by atoms with van der Waals surface area (Å²) in [7, 11) is 0. The molecule has 0 bridgehead atoms. The van der Waals surface area contributed by atoms with Crippen LogP contribution in [0.1, 0.15) is 25.3 Å². The third-order valence-corrected chi connectivity index (χ3v) is 3.38. The fourth-order valence-electron chi connectivity index (χ4n) is 2.46. The third kappa shape index (κ3) is 4.21. The van der Waals surface area contributed by atoms with Gasteiger partial charge in [0.25, 0.3) is 0 Å². The Hall–Kier alpha value is -1.61. The van der Waals surface area contributed by atoms with Crippen LogP contribution < -0.4 is 0 Å². The Morgan fingerprint density at radius 1 is 1.42 bits per heavy atom. The number of carbonyl (C=O) groups excluding carboxylic acids is 1. The molecule has 2 rings (SSSR count). The van der Waals surface area contributed by atoms with Gasteiger partial charge < -0.3 is 4.74 Å². The first-order valence-electron chi connectivity index (χ1n) is 6.92. The van der Waals surface area contributed by atoms with Gasteiger partial charge in [-0.3, -0.25) is 4.90 Å². The Morgan fingerprint density at radius 3 is 2.95 bits per heavy atom. The molecule has 3 heteroatoms. The van der Waals surface area contributed by atoms with Gasteiger partial charge in [0, 0.05) is 18.7 Å². The van der Waals surface area contributed by atoms with Gasteiger partial charge in [0.05, 0.1) is 6.61 Å². The van der Waals surface area contributed by atoms with E-state index in [9.17, 15) is 4.79 Å². The van der Waals surface area contributed by atoms with Crippen molar-refractivity contribution in [2.75, 3.05) is 13.2 Å². The lowest BCUT2D eigenvalue weighted by molar-refractivity contribution is -0.137. The number of carbonyl (C=O) groups is 1. The number of hydrogen-bond acceptors (Lipinski definition) is 3. The van der Waals surface area contributed by atoms with Crippen molar-refractivity contribution in [1.29, 1.82) is 0 Å². The van der Waals surface area contributed by atoms with Gasteiger partial charge in [0.1, 0.15) is 0 Å². The van der Waals surface area contributed by atoms with E-state index in [1.165, 1.54) is 12.0 Å². The van der Waals surface area contributed by atoms with Crippen LogP contribution in [-0.4, -0.2) is 30.1 Å². The summed E-state index contributed by atoms with van der Waals surface area (Å²) in [4.78, 5) is 13.7. The molecule has 0 N–H and O–H groups in total. The van der Waals surface area contributed by atoms with Crippen LogP contribution in [-0.2, 0) is 16.1 Å². The molecule has 0 saturated carbocycles. The normalized spacial score (nSPS) is 19.9. The lowest BCUT2D eigenvalue weighted by Crippen LogP contribution is -2.27. The molecule has 1 heterocycles. The first kappa shape index (κ1) is 13.8. The van der Waals surface area contributed by atoms with Crippen LogP contribution in [0.5, 0.6) is 0 Å². The summed E-state index contributed by atoms with van der Waals surface area (Å²) in [5.74, 6) is -0.242. The minimum atomic E-state index is -0.242. The number of nitrogens with zero attached hydrogens (tertiary/aromatic N) is 1. The maximum Gasteiger partial charge on any atom is 0.330 e. The molecule has 1 fully saturated rings. The van der Waals surface area contributed by atoms with Crippen LogP contribution in [0.3, 0.4) is 0 Å². The van der Waals surface area contributed by atoms with Gasteiger partial charge in [-0.05, 0) is 31.9 Å². The first-order chi connectivity index (χ1) is 9.29. The summed E-state index contributed by atoms with van der Waals surface area (Å²) in [6.07, 6.45) is 5.85. The molecule has 0 unspecified atom stereocenters. The highest BCUT2D eigenvalue weighted by molar-refractivity contribution is 5.81. The second kappa shape index (κ2) is 7.10. The predicted molar refractivity (Wildman–Crippen MR) is 75.6 cm³/mol. The summed E-state index contributed by atoms with van der Waals surface area (Å²) in [5, 5.41) is 0. The van der Waals surface area contributed by atoms with E-state index in [0.717, 1.165) is 19.5 Å². The van der Waals surface area contributed by atoms with Gasteiger partial charge in [-0.15, -0.1) is 0 Å². The number of hydrogen-bond donors (Lipinski definition) is 0. The van der Waals surface area contributed by atoms with Gasteiger partial charge in [0.15, 0.2) is 0 Å². The minimum absolute atomic E-state index is 0.242. The van der Waals surface area contributed by atoms with Gasteiger partial charge in [-0.1, -0.05) is 36.4 Å². The fraction of sp³-hybridized carbons (Fsp3) is 0.438. The molecular weight excluding hydrogens is 238 g/mol. The molecule has 1 aromatic carbocycles. The molecule has 1 aliphatic rings. The second-order valence-corrected chi connectivity index (χ2v) is 4.78. The molecule has 19 heavy (non-hydrogen) atoms. The standard InChI is InChI=1S/C16H21NO2/c1-2-19-16(18)11-10-15-9-6-12-17(15)13-14-7-4-3-5-8-14/h3-5,7-8,10-11,15H,2,6,9,12-13H2,1H3/b11-10+/t15-/m0/s1. The number of likely N-dealkylation sites (tertiary alicyclic amines) is 1. The van der Waals surface area contributed by atoms with E-state index in [-0.39, 0.29) is 5.97 Å². The monoisotopic (exact) mass is 259 g/mol. The smallest absolute Gasteiger partial charge is 0.330 e. The molecular formula is C16H21NO2. The SMILES string of the molecule is CCOC(=O)/C=C/[C@@H]1CCCN1Cc1ccccc1. The molecule has 1 saturated heterocycles. The quantitative estimate of drug-likeness (QED) is 0.601. The second-order valence-electron chi connectivity index (χ2n) is 4.78. The van der Waals surface area contributed by atoms with Crippen molar-refractivity contribution >= 4 is 5.97 Å². The molecule has 0 amide bonds. The highest BCUT2D eigenvalue weighted by Gasteiger charge is 2.22. The molecule has 1 aromatic rings. The first-order valence-corrected chi connectivity index (χ1v) is 6.92. The largest absolute Gasteiger partial charge is 0.463 e. The Balaban J connectivity index is 1.92. The van der Waals surface area contributed by atoms with Crippen molar-refractivity contribution in [3.8, 4) is 0 Å². The summed E-state index contributed by atoms with van der Waals surface area (Å²) in [6.45, 7) is 4.29. The fourth-order valence-corrected chi connectivity index (χ4v) is 2.46. The maximum atomic E-state index is 11.3. The zero-order valence-corrected chi connectivity index (χ0v) is 11.4. The van der Waals surface area contributed by atoms with E-state index in [1.807, 2.05) is 19.1 Å². The average Bonchev–Trinajstić information content (AvgIpc) is 2.85. The topological polar surface area (TPSA) is 29.5 Å². The van der Waals surface area contributed by atoms with Crippen molar-refractivity contribution in [3.05, 3.63) is 48.0 Å².